The first-order valence-corrected chi connectivity index (χ1v) is 20.9. The van der Waals surface area contributed by atoms with Crippen LogP contribution >= 0.6 is 0 Å². The number of rotatable bonds is 8. The first kappa shape index (κ1) is 42.8. The summed E-state index contributed by atoms with van der Waals surface area (Å²) < 4.78 is 14.7. The van der Waals surface area contributed by atoms with Crippen LogP contribution in [-0.4, -0.2) is 15.9 Å². The molecule has 57 heavy (non-hydrogen) atoms. The summed E-state index contributed by atoms with van der Waals surface area (Å²) in [5.41, 5.74) is 7.37. The van der Waals surface area contributed by atoms with E-state index in [-0.39, 0.29) is 53.9 Å². The molecule has 0 saturated carbocycles. The zero-order valence-corrected chi connectivity index (χ0v) is 39.0. The summed E-state index contributed by atoms with van der Waals surface area (Å²) in [6.45, 7) is 27.9. The average Bonchev–Trinajstić information content (AvgIpc) is 3.56. The maximum Gasteiger partial charge on any atom is 0.164 e. The van der Waals surface area contributed by atoms with Gasteiger partial charge in [0, 0.05) is 65.2 Å². The van der Waals surface area contributed by atoms with Gasteiger partial charge in [-0.1, -0.05) is 131 Å². The van der Waals surface area contributed by atoms with Crippen LogP contribution in [0, 0.1) is 16.9 Å². The van der Waals surface area contributed by atoms with E-state index in [1.165, 1.54) is 33.9 Å². The zero-order chi connectivity index (χ0) is 41.9. The molecule has 4 nitrogen and oxygen atoms in total. The molecular formula is C52H64IrNO3-. The number of ketones is 1. The van der Waals surface area contributed by atoms with E-state index in [1.54, 1.807) is 0 Å². The van der Waals surface area contributed by atoms with E-state index in [4.69, 9.17) is 10.8 Å². The Morgan fingerprint density at radius 1 is 0.825 bits per heavy atom. The molecular weight excluding hydrogens is 879 g/mol. The predicted molar refractivity (Wildman–Crippen MR) is 238 cm³/mol. The van der Waals surface area contributed by atoms with Crippen LogP contribution in [0.3, 0.4) is 0 Å². The summed E-state index contributed by atoms with van der Waals surface area (Å²) in [6, 6.07) is 25.6. The number of allylic oxidation sites excluding steroid dienone is 2. The van der Waals surface area contributed by atoms with Crippen molar-refractivity contribution in [1.29, 1.82) is 0 Å². The van der Waals surface area contributed by atoms with Crippen molar-refractivity contribution in [3.8, 4) is 11.3 Å². The maximum absolute atomic E-state index is 12.3. The molecule has 1 radical (unpaired) electrons. The number of carbonyl (C=O) groups is 1. The van der Waals surface area contributed by atoms with E-state index in [0.29, 0.717) is 12.8 Å². The number of aromatic nitrogens is 1. The van der Waals surface area contributed by atoms with E-state index < -0.39 is 10.8 Å². The number of carbonyl (C=O) groups excluding carboxylic acids is 1. The van der Waals surface area contributed by atoms with Crippen LogP contribution in [0.1, 0.15) is 147 Å². The van der Waals surface area contributed by atoms with Crippen LogP contribution in [0.25, 0.3) is 54.7 Å². The number of aliphatic hydroxyl groups is 1. The molecule has 2 aromatic heterocycles. The monoisotopic (exact) mass is 944 g/mol. The molecule has 4 aromatic carbocycles. The molecule has 6 aromatic rings. The summed E-state index contributed by atoms with van der Waals surface area (Å²) >= 11 is 0. The van der Waals surface area contributed by atoms with Gasteiger partial charge in [0.15, 0.2) is 5.78 Å². The van der Waals surface area contributed by atoms with Crippen LogP contribution < -0.4 is 0 Å². The van der Waals surface area contributed by atoms with Crippen LogP contribution in [0.5, 0.6) is 0 Å². The van der Waals surface area contributed by atoms with Gasteiger partial charge >= 0.3 is 0 Å². The van der Waals surface area contributed by atoms with Gasteiger partial charge in [0.1, 0.15) is 16.9 Å². The maximum atomic E-state index is 12.3. The Balaban J connectivity index is 0.000000289. The third-order valence-electron chi connectivity index (χ3n) is 13.6. The minimum Gasteiger partial charge on any atom is -0.512 e. The number of aliphatic hydroxyl groups excluding tert-OH is 1. The Morgan fingerprint density at radius 2 is 1.46 bits per heavy atom. The van der Waals surface area contributed by atoms with Crippen molar-refractivity contribution in [2.45, 2.75) is 145 Å². The fourth-order valence-corrected chi connectivity index (χ4v) is 8.38. The molecule has 1 aliphatic carbocycles. The van der Waals surface area contributed by atoms with Gasteiger partial charge in [-0.25, -0.2) is 0 Å². The first-order valence-electron chi connectivity index (χ1n) is 21.4. The minimum absolute atomic E-state index is 0. The van der Waals surface area contributed by atoms with Crippen molar-refractivity contribution in [3.05, 3.63) is 101 Å². The van der Waals surface area contributed by atoms with Crippen molar-refractivity contribution < 1.29 is 35.8 Å². The molecule has 0 spiro atoms. The Labute approximate surface area is 356 Å². The van der Waals surface area contributed by atoms with Crippen LogP contribution in [0.2, 0.25) is 0 Å². The standard InChI is InChI=1S/C37H36NO.C15H28O2.Ir/c1-35(2,3)30-19-24(18-22-10-8-9-11-25(22)30)33-27-21-28-26-12-13-29-32(37(6,7)16-15-36(29,4)5)34(26)39-31(28)20-23(27)14-17-38-33;1-7-14(5,8-2)12(16)11-13(17)15(6,9-3)10-4;/h8-14,17,19-21H,15-16H2,1-7H3;11,16H,7-10H2,1-6H3;/q-1;;/b;12-11-;/i;11D;. The van der Waals surface area contributed by atoms with Gasteiger partial charge in [0.25, 0.3) is 0 Å². The number of hydrogen-bond donors (Lipinski definition) is 1. The fraction of sp³-hybridized carbons (Fsp3) is 0.462. The van der Waals surface area contributed by atoms with E-state index >= 15 is 0 Å². The molecule has 1 N–H and O–H groups in total. The van der Waals surface area contributed by atoms with Crippen molar-refractivity contribution >= 4 is 49.3 Å². The normalized spacial score (nSPS) is 16.1. The second-order valence-electron chi connectivity index (χ2n) is 19.2. The molecule has 1 aliphatic rings. The molecule has 0 atom stereocenters. The second kappa shape index (κ2) is 16.1. The molecule has 0 amide bonds. The number of benzene rings is 4. The molecule has 0 fully saturated rings. The van der Waals surface area contributed by atoms with E-state index in [0.717, 1.165) is 63.2 Å². The van der Waals surface area contributed by atoms with Crippen molar-refractivity contribution in [2.24, 2.45) is 10.8 Å². The van der Waals surface area contributed by atoms with Crippen molar-refractivity contribution in [2.75, 3.05) is 0 Å². The van der Waals surface area contributed by atoms with E-state index in [1.807, 2.05) is 47.7 Å². The Bertz CT molecular complexity index is 2520. The summed E-state index contributed by atoms with van der Waals surface area (Å²) in [5.74, 6) is -0.288. The fourth-order valence-electron chi connectivity index (χ4n) is 8.38. The second-order valence-corrected chi connectivity index (χ2v) is 19.2. The van der Waals surface area contributed by atoms with Gasteiger partial charge in [-0.05, 0) is 89.3 Å². The molecule has 0 unspecified atom stereocenters. The molecule has 0 aliphatic heterocycles. The van der Waals surface area contributed by atoms with Gasteiger partial charge in [0.05, 0.1) is 1.37 Å². The van der Waals surface area contributed by atoms with Gasteiger partial charge in [0.2, 0.25) is 0 Å². The SMILES string of the molecule is CC(C)(C)c1cc(-c2nccc3cc4oc5c6c(ccc5c4cc23)C(C)(C)CCC6(C)C)[c-]c2ccccc12.[2H]/C(C(=O)C(C)(CC)CC)=C(/O)C(C)(CC)CC.[Ir]. The van der Waals surface area contributed by atoms with Gasteiger partial charge in [-0.3, -0.25) is 9.78 Å². The molecule has 7 rings (SSSR count). The smallest absolute Gasteiger partial charge is 0.164 e. The number of nitrogens with zero attached hydrogens (tertiary/aromatic N) is 1. The topological polar surface area (TPSA) is 63.3 Å². The summed E-state index contributed by atoms with van der Waals surface area (Å²) in [7, 11) is 0. The number of pyridine rings is 1. The molecule has 305 valence electrons. The van der Waals surface area contributed by atoms with E-state index in [2.05, 4.69) is 115 Å². The predicted octanol–water partition coefficient (Wildman–Crippen LogP) is 15.0. The molecule has 0 bridgehead atoms. The van der Waals surface area contributed by atoms with Crippen LogP contribution in [-0.2, 0) is 41.1 Å². The number of hydrogen-bond acceptors (Lipinski definition) is 4. The Hall–Kier alpha value is -3.79. The van der Waals surface area contributed by atoms with E-state index in [9.17, 15) is 9.90 Å². The number of fused-ring (bicyclic) bond motifs is 7. The van der Waals surface area contributed by atoms with Crippen LogP contribution in [0.4, 0.5) is 0 Å². The van der Waals surface area contributed by atoms with Crippen molar-refractivity contribution in [3.63, 3.8) is 0 Å². The van der Waals surface area contributed by atoms with Crippen molar-refractivity contribution in [1.82, 2.24) is 4.98 Å². The molecule has 5 heteroatoms. The molecule has 2 heterocycles. The first-order chi connectivity index (χ1) is 26.7. The third-order valence-corrected chi connectivity index (χ3v) is 13.6. The zero-order valence-electron chi connectivity index (χ0n) is 37.6. The Morgan fingerprint density at radius 3 is 2.09 bits per heavy atom. The molecule has 0 saturated heterocycles. The summed E-state index contributed by atoms with van der Waals surface area (Å²) in [4.78, 5) is 17.3. The van der Waals surface area contributed by atoms with Gasteiger partial charge in [-0.2, -0.15) is 0 Å². The number of furan rings is 1. The quantitative estimate of drug-likeness (QED) is 0.0938. The summed E-state index contributed by atoms with van der Waals surface area (Å²) in [5, 5.41) is 17.2. The van der Waals surface area contributed by atoms with Gasteiger partial charge in [-0.15, -0.1) is 29.1 Å². The Kier molecular flexibility index (Phi) is 12.1. The largest absolute Gasteiger partial charge is 0.512 e. The minimum atomic E-state index is -0.534. The van der Waals surface area contributed by atoms with Crippen LogP contribution in [0.15, 0.2) is 83.1 Å². The average molecular weight is 944 g/mol. The van der Waals surface area contributed by atoms with Gasteiger partial charge < -0.3 is 9.52 Å². The summed E-state index contributed by atoms with van der Waals surface area (Å²) in [6.07, 6.45) is 7.09. The third kappa shape index (κ3) is 8.13.